The van der Waals surface area contributed by atoms with Gasteiger partial charge in [0.25, 0.3) is 0 Å². The summed E-state index contributed by atoms with van der Waals surface area (Å²) < 4.78 is 5.93. The van der Waals surface area contributed by atoms with Crippen molar-refractivity contribution in [3.63, 3.8) is 0 Å². The summed E-state index contributed by atoms with van der Waals surface area (Å²) >= 11 is 0. The third-order valence-corrected chi connectivity index (χ3v) is 3.74. The van der Waals surface area contributed by atoms with Crippen LogP contribution in [0.3, 0.4) is 0 Å². The van der Waals surface area contributed by atoms with Gasteiger partial charge in [0.15, 0.2) is 0 Å². The number of pyridine rings is 1. The number of nitrogens with zero attached hydrogens (tertiary/aromatic N) is 3. The third-order valence-electron chi connectivity index (χ3n) is 3.74. The molecule has 0 fully saturated rings. The van der Waals surface area contributed by atoms with Crippen LogP contribution in [0, 0.1) is 0 Å². The van der Waals surface area contributed by atoms with Crippen molar-refractivity contribution < 1.29 is 4.42 Å². The molecule has 0 amide bonds. The molecule has 104 valence electrons. The molecule has 3 heterocycles. The molecule has 0 bridgehead atoms. The van der Waals surface area contributed by atoms with Gasteiger partial charge in [0.1, 0.15) is 11.5 Å². The maximum atomic E-state index is 5.93. The minimum atomic E-state index is 0.621. The van der Waals surface area contributed by atoms with Crippen molar-refractivity contribution in [1.29, 1.82) is 0 Å². The molecule has 0 radical (unpaired) electrons. The highest BCUT2D eigenvalue weighted by molar-refractivity contribution is 5.50. The highest BCUT2D eigenvalue weighted by Gasteiger charge is 2.23. The maximum absolute atomic E-state index is 5.93. The lowest BCUT2D eigenvalue weighted by Crippen LogP contribution is -2.29. The van der Waals surface area contributed by atoms with Crippen molar-refractivity contribution in [3.05, 3.63) is 66.2 Å². The molecule has 3 aromatic rings. The molecular formula is C17H15N3O. The number of para-hydroxylation sites is 1. The normalized spacial score (nSPS) is 14.0. The van der Waals surface area contributed by atoms with Gasteiger partial charge in [-0.15, -0.1) is 0 Å². The Morgan fingerprint density at radius 3 is 2.67 bits per heavy atom. The van der Waals surface area contributed by atoms with E-state index >= 15 is 0 Å². The average Bonchev–Trinajstić information content (AvgIpc) is 2.99. The van der Waals surface area contributed by atoms with Crippen molar-refractivity contribution >= 4 is 5.69 Å². The average molecular weight is 277 g/mol. The van der Waals surface area contributed by atoms with E-state index in [4.69, 9.17) is 4.42 Å². The van der Waals surface area contributed by atoms with Crippen molar-refractivity contribution in [2.75, 3.05) is 11.4 Å². The summed E-state index contributed by atoms with van der Waals surface area (Å²) in [6.07, 6.45) is 2.66. The van der Waals surface area contributed by atoms with Gasteiger partial charge in [-0.3, -0.25) is 4.98 Å². The summed E-state index contributed by atoms with van der Waals surface area (Å²) in [6, 6.07) is 16.2. The molecule has 0 aliphatic carbocycles. The molecule has 21 heavy (non-hydrogen) atoms. The number of hydrogen-bond donors (Lipinski definition) is 0. The molecule has 1 aliphatic heterocycles. The van der Waals surface area contributed by atoms with Gasteiger partial charge in [0, 0.05) is 24.8 Å². The number of hydrogen-bond acceptors (Lipinski definition) is 4. The fourth-order valence-corrected chi connectivity index (χ4v) is 2.65. The fraction of sp³-hybridized carbons (Fsp3) is 0.176. The Morgan fingerprint density at radius 2 is 1.86 bits per heavy atom. The molecule has 1 aromatic carbocycles. The Kier molecular flexibility index (Phi) is 2.92. The smallest absolute Gasteiger partial charge is 0.245 e. The summed E-state index contributed by atoms with van der Waals surface area (Å²) in [5, 5.41) is 0. The summed E-state index contributed by atoms with van der Waals surface area (Å²) in [5.41, 5.74) is 3.07. The molecule has 4 heteroatoms. The monoisotopic (exact) mass is 277 g/mol. The van der Waals surface area contributed by atoms with Crippen LogP contribution in [-0.4, -0.2) is 16.5 Å². The van der Waals surface area contributed by atoms with Crippen molar-refractivity contribution in [2.24, 2.45) is 0 Å². The Labute approximate surface area is 123 Å². The zero-order valence-corrected chi connectivity index (χ0v) is 11.6. The second-order valence-electron chi connectivity index (χ2n) is 5.11. The van der Waals surface area contributed by atoms with Crippen molar-refractivity contribution in [2.45, 2.75) is 13.0 Å². The van der Waals surface area contributed by atoms with Gasteiger partial charge in [0.2, 0.25) is 5.89 Å². The Balaban J connectivity index is 1.63. The van der Waals surface area contributed by atoms with E-state index in [1.54, 1.807) is 6.20 Å². The van der Waals surface area contributed by atoms with Crippen LogP contribution < -0.4 is 4.90 Å². The van der Waals surface area contributed by atoms with Gasteiger partial charge in [-0.1, -0.05) is 24.3 Å². The van der Waals surface area contributed by atoms with E-state index in [-0.39, 0.29) is 0 Å². The van der Waals surface area contributed by atoms with Crippen LogP contribution in [0.25, 0.3) is 11.6 Å². The van der Waals surface area contributed by atoms with Crippen LogP contribution in [0.15, 0.2) is 59.1 Å². The predicted molar refractivity (Wildman–Crippen MR) is 80.9 cm³/mol. The lowest BCUT2D eigenvalue weighted by molar-refractivity contribution is 0.494. The van der Waals surface area contributed by atoms with E-state index in [9.17, 15) is 0 Å². The first-order chi connectivity index (χ1) is 10.4. The largest absolute Gasteiger partial charge is 0.438 e. The number of fused-ring (bicyclic) bond motifs is 1. The molecular weight excluding hydrogens is 262 g/mol. The Hall–Kier alpha value is -2.62. The zero-order chi connectivity index (χ0) is 14.1. The first-order valence-corrected chi connectivity index (χ1v) is 7.10. The van der Waals surface area contributed by atoms with Crippen LogP contribution in [0.4, 0.5) is 5.69 Å². The summed E-state index contributed by atoms with van der Waals surface area (Å²) in [6.45, 7) is 1.73. The van der Waals surface area contributed by atoms with E-state index in [1.807, 2.05) is 24.3 Å². The van der Waals surface area contributed by atoms with E-state index in [0.29, 0.717) is 5.89 Å². The fourth-order valence-electron chi connectivity index (χ4n) is 2.65. The molecule has 0 unspecified atom stereocenters. The van der Waals surface area contributed by atoms with Gasteiger partial charge in [-0.05, 0) is 24.3 Å². The number of rotatable bonds is 2. The van der Waals surface area contributed by atoms with Gasteiger partial charge < -0.3 is 9.32 Å². The Bertz CT molecular complexity index is 737. The molecule has 4 nitrogen and oxygen atoms in total. The Morgan fingerprint density at radius 1 is 1.00 bits per heavy atom. The number of oxazole rings is 1. The third kappa shape index (κ3) is 2.29. The minimum absolute atomic E-state index is 0.621. The van der Waals surface area contributed by atoms with Gasteiger partial charge in [-0.2, -0.15) is 0 Å². The van der Waals surface area contributed by atoms with E-state index in [0.717, 1.165) is 36.7 Å². The molecule has 0 saturated heterocycles. The molecule has 0 spiro atoms. The summed E-state index contributed by atoms with van der Waals surface area (Å²) in [4.78, 5) is 11.2. The SMILES string of the molecule is c1ccc(N2CCc3nc(-c4ccccn4)oc3C2)cc1. The van der Waals surface area contributed by atoms with Crippen molar-refractivity contribution in [3.8, 4) is 11.6 Å². The number of anilines is 1. The number of benzene rings is 1. The van der Waals surface area contributed by atoms with Crippen LogP contribution in [0.5, 0.6) is 0 Å². The highest BCUT2D eigenvalue weighted by Crippen LogP contribution is 2.27. The van der Waals surface area contributed by atoms with Gasteiger partial charge in [-0.25, -0.2) is 4.98 Å². The van der Waals surface area contributed by atoms with Crippen LogP contribution in [-0.2, 0) is 13.0 Å². The second-order valence-corrected chi connectivity index (χ2v) is 5.11. The highest BCUT2D eigenvalue weighted by atomic mass is 16.4. The number of aromatic nitrogens is 2. The lowest BCUT2D eigenvalue weighted by Gasteiger charge is -2.27. The minimum Gasteiger partial charge on any atom is -0.438 e. The molecule has 4 rings (SSSR count). The van der Waals surface area contributed by atoms with E-state index in [2.05, 4.69) is 39.1 Å². The second kappa shape index (κ2) is 5.05. The van der Waals surface area contributed by atoms with Crippen LogP contribution in [0.2, 0.25) is 0 Å². The van der Waals surface area contributed by atoms with Crippen LogP contribution in [0.1, 0.15) is 11.5 Å². The van der Waals surface area contributed by atoms with Crippen molar-refractivity contribution in [1.82, 2.24) is 9.97 Å². The standard InChI is InChI=1S/C17H15N3O/c1-2-6-13(7-3-1)20-11-9-14-16(12-20)21-17(19-14)15-8-4-5-10-18-15/h1-8,10H,9,11-12H2. The predicted octanol–water partition coefficient (Wildman–Crippen LogP) is 3.30. The van der Waals surface area contributed by atoms with E-state index < -0.39 is 0 Å². The quantitative estimate of drug-likeness (QED) is 0.720. The lowest BCUT2D eigenvalue weighted by atomic mass is 10.1. The molecule has 1 aliphatic rings. The summed E-state index contributed by atoms with van der Waals surface area (Å²) in [5.74, 6) is 1.57. The topological polar surface area (TPSA) is 42.2 Å². The first kappa shape index (κ1) is 12.1. The van der Waals surface area contributed by atoms with E-state index in [1.165, 1.54) is 5.69 Å². The van der Waals surface area contributed by atoms with Gasteiger partial charge in [0.05, 0.1) is 12.2 Å². The summed E-state index contributed by atoms with van der Waals surface area (Å²) in [7, 11) is 0. The first-order valence-electron chi connectivity index (χ1n) is 7.10. The molecule has 0 N–H and O–H groups in total. The van der Waals surface area contributed by atoms with Crippen LogP contribution >= 0.6 is 0 Å². The zero-order valence-electron chi connectivity index (χ0n) is 11.6. The molecule has 0 atom stereocenters. The molecule has 2 aromatic heterocycles. The van der Waals surface area contributed by atoms with Gasteiger partial charge >= 0.3 is 0 Å². The maximum Gasteiger partial charge on any atom is 0.245 e. The molecule has 0 saturated carbocycles.